The molecule has 108 valence electrons. The van der Waals surface area contributed by atoms with Crippen LogP contribution >= 0.6 is 11.5 Å². The van der Waals surface area contributed by atoms with Crippen LogP contribution in [0.5, 0.6) is 0 Å². The topological polar surface area (TPSA) is 63.2 Å². The summed E-state index contributed by atoms with van der Waals surface area (Å²) in [5.41, 5.74) is 2.02. The third-order valence-corrected chi connectivity index (χ3v) is 4.29. The van der Waals surface area contributed by atoms with E-state index in [1.807, 2.05) is 32.0 Å². The monoisotopic (exact) mass is 301 g/mol. The maximum Gasteiger partial charge on any atom is 0.271 e. The fourth-order valence-corrected chi connectivity index (χ4v) is 3.24. The van der Waals surface area contributed by atoms with Gasteiger partial charge in [-0.05, 0) is 29.6 Å². The summed E-state index contributed by atoms with van der Waals surface area (Å²) in [6, 6.07) is 7.24. The smallest absolute Gasteiger partial charge is 0.271 e. The summed E-state index contributed by atoms with van der Waals surface area (Å²) in [7, 11) is 0. The quantitative estimate of drug-likeness (QED) is 0.855. The third kappa shape index (κ3) is 2.35. The van der Waals surface area contributed by atoms with Crippen LogP contribution in [0.4, 0.5) is 5.69 Å². The number of benzene rings is 1. The number of hydrogen-bond acceptors (Lipinski definition) is 5. The number of fused-ring (bicyclic) bond motifs is 1. The van der Waals surface area contributed by atoms with Crippen LogP contribution in [0.3, 0.4) is 0 Å². The summed E-state index contributed by atoms with van der Waals surface area (Å²) >= 11 is 1.12. The number of nitrogens with zero attached hydrogens (tertiary/aromatic N) is 3. The number of anilines is 1. The van der Waals surface area contributed by atoms with Crippen molar-refractivity contribution in [2.75, 3.05) is 11.4 Å². The predicted molar refractivity (Wildman–Crippen MR) is 81.1 cm³/mol. The Kier molecular flexibility index (Phi) is 3.55. The molecule has 0 N–H and O–H groups in total. The van der Waals surface area contributed by atoms with Gasteiger partial charge in [-0.25, -0.2) is 0 Å². The molecule has 21 heavy (non-hydrogen) atoms. The van der Waals surface area contributed by atoms with Crippen LogP contribution in [-0.2, 0) is 0 Å². The Morgan fingerprint density at radius 3 is 2.86 bits per heavy atom. The molecule has 0 saturated carbocycles. The highest BCUT2D eigenvalue weighted by atomic mass is 32.1. The van der Waals surface area contributed by atoms with Gasteiger partial charge in [-0.15, -0.1) is 5.10 Å². The van der Waals surface area contributed by atoms with E-state index in [2.05, 4.69) is 9.59 Å². The Morgan fingerprint density at radius 1 is 1.33 bits per heavy atom. The van der Waals surface area contributed by atoms with Gasteiger partial charge in [-0.1, -0.05) is 30.5 Å². The number of Topliss-reactive ketones (excluding diaryl/α,β-unsaturated/α-hetero) is 1. The molecule has 0 fully saturated rings. The summed E-state index contributed by atoms with van der Waals surface area (Å²) in [4.78, 5) is 27.0. The van der Waals surface area contributed by atoms with Crippen LogP contribution in [0.1, 0.15) is 51.9 Å². The van der Waals surface area contributed by atoms with Gasteiger partial charge in [-0.3, -0.25) is 9.59 Å². The molecule has 1 aliphatic rings. The lowest BCUT2D eigenvalue weighted by Gasteiger charge is -2.28. The van der Waals surface area contributed by atoms with Crippen molar-refractivity contribution in [3.8, 4) is 0 Å². The largest absolute Gasteiger partial charge is 0.306 e. The molecule has 0 radical (unpaired) electrons. The Bertz CT molecular complexity index is 708. The first-order chi connectivity index (χ1) is 10.1. The summed E-state index contributed by atoms with van der Waals surface area (Å²) in [6.07, 6.45) is 0.353. The van der Waals surface area contributed by atoms with Gasteiger partial charge in [0, 0.05) is 18.5 Å². The lowest BCUT2D eigenvalue weighted by molar-refractivity contribution is 0.0956. The first-order valence-electron chi connectivity index (χ1n) is 6.86. The number of para-hydroxylation sites is 1. The molecule has 1 aliphatic heterocycles. The van der Waals surface area contributed by atoms with Gasteiger partial charge in [0.1, 0.15) is 4.88 Å². The molecular weight excluding hydrogens is 286 g/mol. The Balaban J connectivity index is 2.02. The van der Waals surface area contributed by atoms with Gasteiger partial charge in [0.2, 0.25) is 0 Å². The van der Waals surface area contributed by atoms with Crippen molar-refractivity contribution in [2.24, 2.45) is 0 Å². The number of carbonyl (C=O) groups is 2. The second-order valence-corrected chi connectivity index (χ2v) is 6.04. The molecule has 1 amide bonds. The van der Waals surface area contributed by atoms with E-state index in [1.54, 1.807) is 11.0 Å². The van der Waals surface area contributed by atoms with Crippen molar-refractivity contribution in [2.45, 2.75) is 26.2 Å². The van der Waals surface area contributed by atoms with Gasteiger partial charge in [0.15, 0.2) is 5.78 Å². The maximum atomic E-state index is 12.8. The van der Waals surface area contributed by atoms with Gasteiger partial charge >= 0.3 is 0 Å². The van der Waals surface area contributed by atoms with E-state index in [0.717, 1.165) is 17.2 Å². The van der Waals surface area contributed by atoms with Crippen LogP contribution in [-0.4, -0.2) is 27.8 Å². The van der Waals surface area contributed by atoms with Crippen molar-refractivity contribution >= 4 is 28.9 Å². The molecule has 2 heterocycles. The molecule has 3 rings (SSSR count). The normalized spacial score (nSPS) is 14.4. The SMILES string of the molecule is CC(C)c1nnsc1C(=O)N1CCC(=O)c2ccccc21. The minimum Gasteiger partial charge on any atom is -0.306 e. The lowest BCUT2D eigenvalue weighted by Crippen LogP contribution is -2.37. The summed E-state index contributed by atoms with van der Waals surface area (Å²) in [6.45, 7) is 4.38. The van der Waals surface area contributed by atoms with E-state index >= 15 is 0 Å². The van der Waals surface area contributed by atoms with Crippen LogP contribution in [0.15, 0.2) is 24.3 Å². The van der Waals surface area contributed by atoms with Crippen molar-refractivity contribution in [3.05, 3.63) is 40.4 Å². The van der Waals surface area contributed by atoms with Crippen molar-refractivity contribution in [3.63, 3.8) is 0 Å². The van der Waals surface area contributed by atoms with E-state index in [4.69, 9.17) is 0 Å². The van der Waals surface area contributed by atoms with Crippen LogP contribution in [0, 0.1) is 0 Å². The van der Waals surface area contributed by atoms with E-state index in [9.17, 15) is 9.59 Å². The molecule has 5 nitrogen and oxygen atoms in total. The standard InChI is InChI=1S/C15H15N3O2S/c1-9(2)13-14(21-17-16-13)15(20)18-8-7-12(19)10-5-3-4-6-11(10)18/h3-6,9H,7-8H2,1-2H3. The predicted octanol–water partition coefficient (Wildman–Crippen LogP) is 2.89. The minimum atomic E-state index is -0.117. The van der Waals surface area contributed by atoms with Crippen LogP contribution in [0.2, 0.25) is 0 Å². The molecule has 0 atom stereocenters. The highest BCUT2D eigenvalue weighted by Gasteiger charge is 2.30. The number of rotatable bonds is 2. The van der Waals surface area contributed by atoms with Gasteiger partial charge < -0.3 is 4.90 Å². The highest BCUT2D eigenvalue weighted by Crippen LogP contribution is 2.30. The zero-order valence-corrected chi connectivity index (χ0v) is 12.7. The van der Waals surface area contributed by atoms with E-state index in [0.29, 0.717) is 29.1 Å². The molecule has 0 unspecified atom stereocenters. The van der Waals surface area contributed by atoms with Gasteiger partial charge in [-0.2, -0.15) is 0 Å². The minimum absolute atomic E-state index is 0.0844. The van der Waals surface area contributed by atoms with E-state index < -0.39 is 0 Å². The number of amides is 1. The fourth-order valence-electron chi connectivity index (χ4n) is 2.47. The number of ketones is 1. The Morgan fingerprint density at radius 2 is 2.10 bits per heavy atom. The average molecular weight is 301 g/mol. The van der Waals surface area contributed by atoms with Crippen LogP contribution in [0.25, 0.3) is 0 Å². The second-order valence-electron chi connectivity index (χ2n) is 5.29. The third-order valence-electron chi connectivity index (χ3n) is 3.56. The maximum absolute atomic E-state index is 12.8. The van der Waals surface area contributed by atoms with Crippen LogP contribution < -0.4 is 4.90 Å². The zero-order valence-electron chi connectivity index (χ0n) is 11.9. The molecule has 1 aromatic heterocycles. The molecule has 0 bridgehead atoms. The summed E-state index contributed by atoms with van der Waals surface area (Å²) in [5.74, 6) is 0.110. The van der Waals surface area contributed by atoms with Crippen molar-refractivity contribution < 1.29 is 9.59 Å². The first kappa shape index (κ1) is 13.9. The van der Waals surface area contributed by atoms with E-state index in [1.165, 1.54) is 0 Å². The van der Waals surface area contributed by atoms with Gasteiger partial charge in [0.05, 0.1) is 11.4 Å². The molecule has 0 aliphatic carbocycles. The highest BCUT2D eigenvalue weighted by molar-refractivity contribution is 7.08. The average Bonchev–Trinajstić information content (AvgIpc) is 2.97. The van der Waals surface area contributed by atoms with Crippen molar-refractivity contribution in [1.82, 2.24) is 9.59 Å². The Hall–Kier alpha value is -2.08. The Labute approximate surface area is 126 Å². The second kappa shape index (κ2) is 5.37. The molecule has 6 heteroatoms. The fraction of sp³-hybridized carbons (Fsp3) is 0.333. The zero-order chi connectivity index (χ0) is 15.0. The molecule has 0 spiro atoms. The molecular formula is C15H15N3O2S. The van der Waals surface area contributed by atoms with Crippen molar-refractivity contribution in [1.29, 1.82) is 0 Å². The lowest BCUT2D eigenvalue weighted by atomic mass is 10.00. The molecule has 2 aromatic rings. The van der Waals surface area contributed by atoms with E-state index in [-0.39, 0.29) is 17.6 Å². The summed E-state index contributed by atoms with van der Waals surface area (Å²) in [5, 5.41) is 4.06. The number of aromatic nitrogens is 2. The molecule has 1 aromatic carbocycles. The summed E-state index contributed by atoms with van der Waals surface area (Å²) < 4.78 is 3.91. The number of carbonyl (C=O) groups excluding carboxylic acids is 2. The van der Waals surface area contributed by atoms with Gasteiger partial charge in [0.25, 0.3) is 5.91 Å². The molecule has 0 saturated heterocycles. The number of hydrogen-bond donors (Lipinski definition) is 0. The first-order valence-corrected chi connectivity index (χ1v) is 7.63.